The van der Waals surface area contributed by atoms with E-state index in [0.717, 1.165) is 5.56 Å². The molecule has 0 bridgehead atoms. The van der Waals surface area contributed by atoms with E-state index < -0.39 is 23.0 Å². The minimum Gasteiger partial charge on any atom is -0.496 e. The standard InChI is InChI=1S/C12H17F2NO3S/c1-17-9-6-11(19(16)7-12(13)14)10(18-2)5-8(9)3-4-15/h5-6,12H,3-4,7,15H2,1-2H3. The third kappa shape index (κ3) is 4.14. The van der Waals surface area contributed by atoms with Crippen LogP contribution in [0.5, 0.6) is 11.5 Å². The molecule has 0 aliphatic rings. The molecule has 1 atom stereocenters. The molecular formula is C12H17F2NO3S. The van der Waals surface area contributed by atoms with E-state index in [1.165, 1.54) is 20.3 Å². The van der Waals surface area contributed by atoms with Crippen LogP contribution in [0.3, 0.4) is 0 Å². The van der Waals surface area contributed by atoms with Crippen molar-refractivity contribution in [3.63, 3.8) is 0 Å². The van der Waals surface area contributed by atoms with E-state index >= 15 is 0 Å². The van der Waals surface area contributed by atoms with Crippen molar-refractivity contribution >= 4 is 10.8 Å². The number of ether oxygens (including phenoxy) is 2. The smallest absolute Gasteiger partial charge is 0.250 e. The Labute approximate surface area is 113 Å². The summed E-state index contributed by atoms with van der Waals surface area (Å²) in [7, 11) is 1.02. The highest BCUT2D eigenvalue weighted by molar-refractivity contribution is 7.85. The summed E-state index contributed by atoms with van der Waals surface area (Å²) in [6, 6.07) is 3.10. The van der Waals surface area contributed by atoms with Crippen LogP contribution in [-0.4, -0.2) is 37.2 Å². The first-order valence-electron chi connectivity index (χ1n) is 5.65. The van der Waals surface area contributed by atoms with Gasteiger partial charge in [-0.1, -0.05) is 0 Å². The minimum absolute atomic E-state index is 0.209. The van der Waals surface area contributed by atoms with E-state index in [1.54, 1.807) is 6.07 Å². The van der Waals surface area contributed by atoms with Gasteiger partial charge in [-0.15, -0.1) is 0 Å². The van der Waals surface area contributed by atoms with Gasteiger partial charge in [-0.3, -0.25) is 4.21 Å². The van der Waals surface area contributed by atoms with E-state index in [-0.39, 0.29) is 4.90 Å². The Balaban J connectivity index is 3.19. The summed E-state index contributed by atoms with van der Waals surface area (Å²) in [4.78, 5) is 0.209. The monoisotopic (exact) mass is 293 g/mol. The highest BCUT2D eigenvalue weighted by Gasteiger charge is 2.18. The molecule has 1 rings (SSSR count). The van der Waals surface area contributed by atoms with Gasteiger partial charge in [0.15, 0.2) is 0 Å². The fourth-order valence-electron chi connectivity index (χ4n) is 1.67. The number of alkyl halides is 2. The van der Waals surface area contributed by atoms with Crippen LogP contribution >= 0.6 is 0 Å². The molecule has 0 saturated carbocycles. The average molecular weight is 293 g/mol. The lowest BCUT2D eigenvalue weighted by Crippen LogP contribution is -2.10. The topological polar surface area (TPSA) is 61.5 Å². The average Bonchev–Trinajstić information content (AvgIpc) is 2.37. The van der Waals surface area contributed by atoms with Crippen molar-refractivity contribution in [1.29, 1.82) is 0 Å². The Hall–Kier alpha value is -1.21. The van der Waals surface area contributed by atoms with E-state index in [9.17, 15) is 13.0 Å². The molecule has 0 radical (unpaired) electrons. The van der Waals surface area contributed by atoms with Crippen molar-refractivity contribution in [3.8, 4) is 11.5 Å². The second-order valence-electron chi connectivity index (χ2n) is 3.76. The molecule has 108 valence electrons. The van der Waals surface area contributed by atoms with E-state index in [0.29, 0.717) is 24.5 Å². The summed E-state index contributed by atoms with van der Waals surface area (Å²) in [6.07, 6.45) is -2.08. The molecule has 4 nitrogen and oxygen atoms in total. The Morgan fingerprint density at radius 2 is 1.89 bits per heavy atom. The lowest BCUT2D eigenvalue weighted by atomic mass is 10.1. The molecule has 0 amide bonds. The molecule has 1 aromatic rings. The quantitative estimate of drug-likeness (QED) is 0.829. The fraction of sp³-hybridized carbons (Fsp3) is 0.500. The molecule has 0 aliphatic carbocycles. The Morgan fingerprint density at radius 1 is 1.26 bits per heavy atom. The number of hydrogen-bond acceptors (Lipinski definition) is 4. The summed E-state index contributed by atoms with van der Waals surface area (Å²) in [5.41, 5.74) is 6.28. The Kier molecular flexibility index (Phi) is 6.17. The zero-order valence-corrected chi connectivity index (χ0v) is 11.6. The second kappa shape index (κ2) is 7.40. The minimum atomic E-state index is -2.64. The molecule has 7 heteroatoms. The second-order valence-corrected chi connectivity index (χ2v) is 5.22. The third-order valence-corrected chi connectivity index (χ3v) is 3.87. The molecule has 0 fully saturated rings. The highest BCUT2D eigenvalue weighted by atomic mass is 32.2. The molecule has 1 aromatic carbocycles. The summed E-state index contributed by atoms with van der Waals surface area (Å²) in [5.74, 6) is 0.0579. The Bertz CT molecular complexity index is 455. The lowest BCUT2D eigenvalue weighted by molar-refractivity contribution is 0.175. The van der Waals surface area contributed by atoms with Gasteiger partial charge >= 0.3 is 0 Å². The van der Waals surface area contributed by atoms with Crippen LogP contribution in [0.2, 0.25) is 0 Å². The van der Waals surface area contributed by atoms with Crippen molar-refractivity contribution in [2.24, 2.45) is 5.73 Å². The molecule has 1 unspecified atom stereocenters. The van der Waals surface area contributed by atoms with Gasteiger partial charge in [-0.25, -0.2) is 8.78 Å². The van der Waals surface area contributed by atoms with Gasteiger partial charge in [0.25, 0.3) is 0 Å². The molecule has 0 spiro atoms. The first-order chi connectivity index (χ1) is 9.03. The van der Waals surface area contributed by atoms with Crippen LogP contribution in [0, 0.1) is 0 Å². The van der Waals surface area contributed by atoms with Gasteiger partial charge in [0.05, 0.1) is 35.7 Å². The molecule has 2 N–H and O–H groups in total. The number of rotatable bonds is 7. The molecule has 19 heavy (non-hydrogen) atoms. The first-order valence-corrected chi connectivity index (χ1v) is 6.96. The zero-order chi connectivity index (χ0) is 14.4. The maximum Gasteiger partial charge on any atom is 0.250 e. The molecule has 0 aromatic heterocycles. The zero-order valence-electron chi connectivity index (χ0n) is 10.8. The summed E-state index contributed by atoms with van der Waals surface area (Å²) >= 11 is 0. The Morgan fingerprint density at radius 3 is 2.37 bits per heavy atom. The van der Waals surface area contributed by atoms with Gasteiger partial charge in [0, 0.05) is 6.07 Å². The van der Waals surface area contributed by atoms with Gasteiger partial charge in [0.1, 0.15) is 11.5 Å². The molecule has 0 heterocycles. The van der Waals surface area contributed by atoms with Crippen molar-refractivity contribution in [2.45, 2.75) is 17.7 Å². The maximum atomic E-state index is 12.3. The highest BCUT2D eigenvalue weighted by Crippen LogP contribution is 2.31. The summed E-state index contributed by atoms with van der Waals surface area (Å²) < 4.78 is 46.7. The lowest BCUT2D eigenvalue weighted by Gasteiger charge is -2.14. The largest absolute Gasteiger partial charge is 0.496 e. The predicted octanol–water partition coefficient (Wildman–Crippen LogP) is 1.58. The number of halogens is 2. The van der Waals surface area contributed by atoms with Crippen LogP contribution in [0.4, 0.5) is 8.78 Å². The van der Waals surface area contributed by atoms with E-state index in [4.69, 9.17) is 15.2 Å². The van der Waals surface area contributed by atoms with Gasteiger partial charge in [-0.05, 0) is 24.6 Å². The SMILES string of the molecule is COc1cc(S(=O)CC(F)F)c(OC)cc1CCN. The summed E-state index contributed by atoms with van der Waals surface area (Å²) in [5, 5.41) is 0. The summed E-state index contributed by atoms with van der Waals surface area (Å²) in [6.45, 7) is 0.416. The number of hydrogen-bond donors (Lipinski definition) is 1. The van der Waals surface area contributed by atoms with Gasteiger partial charge in [-0.2, -0.15) is 0 Å². The molecular weight excluding hydrogens is 276 g/mol. The van der Waals surface area contributed by atoms with Crippen LogP contribution in [-0.2, 0) is 17.2 Å². The van der Waals surface area contributed by atoms with Crippen LogP contribution in [0.15, 0.2) is 17.0 Å². The number of methoxy groups -OCH3 is 2. The third-order valence-electron chi connectivity index (χ3n) is 2.50. The van der Waals surface area contributed by atoms with E-state index in [2.05, 4.69) is 0 Å². The van der Waals surface area contributed by atoms with Gasteiger partial charge in [0.2, 0.25) is 6.43 Å². The number of nitrogens with two attached hydrogens (primary N) is 1. The van der Waals surface area contributed by atoms with Crippen LogP contribution < -0.4 is 15.2 Å². The van der Waals surface area contributed by atoms with Gasteiger partial charge < -0.3 is 15.2 Å². The van der Waals surface area contributed by atoms with Crippen molar-refractivity contribution in [1.82, 2.24) is 0 Å². The van der Waals surface area contributed by atoms with Crippen LogP contribution in [0.1, 0.15) is 5.56 Å². The van der Waals surface area contributed by atoms with Crippen LogP contribution in [0.25, 0.3) is 0 Å². The van der Waals surface area contributed by atoms with E-state index in [1.807, 2.05) is 0 Å². The first kappa shape index (κ1) is 15.8. The maximum absolute atomic E-state index is 12.3. The number of benzene rings is 1. The molecule has 0 aliphatic heterocycles. The fourth-order valence-corrected chi connectivity index (χ4v) is 2.68. The molecule has 0 saturated heterocycles. The van der Waals surface area contributed by atoms with Crippen molar-refractivity contribution in [2.75, 3.05) is 26.5 Å². The van der Waals surface area contributed by atoms with Crippen molar-refractivity contribution < 1.29 is 22.5 Å². The van der Waals surface area contributed by atoms with Crippen molar-refractivity contribution in [3.05, 3.63) is 17.7 Å². The normalized spacial score (nSPS) is 12.5. The predicted molar refractivity (Wildman–Crippen MR) is 69.6 cm³/mol.